The van der Waals surface area contributed by atoms with Crippen molar-refractivity contribution in [2.24, 2.45) is 0 Å². The summed E-state index contributed by atoms with van der Waals surface area (Å²) in [6.07, 6.45) is -1.27. The second-order valence-electron chi connectivity index (χ2n) is 11.3. The van der Waals surface area contributed by atoms with Gasteiger partial charge < -0.3 is 4.74 Å². The average molecular weight is 752 g/mol. The molecule has 0 aliphatic rings. The van der Waals surface area contributed by atoms with Crippen LogP contribution in [-0.2, 0) is 37.2 Å². The van der Waals surface area contributed by atoms with Gasteiger partial charge in [0.25, 0.3) is 16.0 Å². The second kappa shape index (κ2) is 15.1. The van der Waals surface area contributed by atoms with E-state index in [4.69, 9.17) is 0 Å². The topological polar surface area (TPSA) is 139 Å². The number of pyridine rings is 1. The van der Waals surface area contributed by atoms with E-state index in [-0.39, 0.29) is 18.5 Å². The van der Waals surface area contributed by atoms with E-state index in [1.165, 1.54) is 12.1 Å². The van der Waals surface area contributed by atoms with Crippen molar-refractivity contribution in [3.8, 4) is 5.75 Å². The third kappa shape index (κ3) is 8.16. The lowest BCUT2D eigenvalue weighted by molar-refractivity contribution is -0.645. The highest BCUT2D eigenvalue weighted by molar-refractivity contribution is 7.88. The number of rotatable bonds is 13. The molecule has 268 valence electrons. The monoisotopic (exact) mass is 751 g/mol. The lowest BCUT2D eigenvalue weighted by atomic mass is 10.0. The number of hydrogen-bond donors (Lipinski definition) is 1. The maximum absolute atomic E-state index is 14.5. The Kier molecular flexibility index (Phi) is 11.0. The molecular formula is C34H28F5N2O8S2+. The van der Waals surface area contributed by atoms with Gasteiger partial charge in [-0.15, -0.1) is 0 Å². The molecular weight excluding hydrogens is 724 g/mol. The van der Waals surface area contributed by atoms with Gasteiger partial charge in [0, 0.05) is 31.5 Å². The minimum atomic E-state index is -4.52. The molecule has 10 nitrogen and oxygen atoms in total. The zero-order valence-electron chi connectivity index (χ0n) is 26.4. The number of carbonyl (C=O) groups excluding carboxylic acids is 2. The number of para-hydroxylation sites is 2. The van der Waals surface area contributed by atoms with Gasteiger partial charge in [0.15, 0.2) is 6.54 Å². The quantitative estimate of drug-likeness (QED) is 0.0240. The maximum Gasteiger partial charge on any atom is 0.311 e. The molecule has 4 aromatic carbocycles. The number of esters is 1. The molecule has 0 saturated carbocycles. The van der Waals surface area contributed by atoms with Crippen molar-refractivity contribution in [1.82, 2.24) is 4.31 Å². The van der Waals surface area contributed by atoms with Crippen LogP contribution in [0.1, 0.15) is 35.2 Å². The molecule has 0 bridgehead atoms. The first kappa shape index (κ1) is 37.3. The molecule has 0 spiro atoms. The lowest BCUT2D eigenvalue weighted by Crippen LogP contribution is -2.41. The van der Waals surface area contributed by atoms with E-state index in [0.717, 1.165) is 0 Å². The zero-order chi connectivity index (χ0) is 37.1. The number of aryl methyl sites for hydroxylation is 1. The molecule has 0 fully saturated rings. The third-order valence-corrected chi connectivity index (χ3v) is 10.3. The molecule has 5 aromatic rings. The molecule has 1 heterocycles. The molecule has 0 radical (unpaired) electrons. The summed E-state index contributed by atoms with van der Waals surface area (Å²) >= 11 is 0. The lowest BCUT2D eigenvalue weighted by Gasteiger charge is -2.24. The van der Waals surface area contributed by atoms with E-state index in [2.05, 4.69) is 4.74 Å². The fraction of sp³-hybridized carbons (Fsp3) is 0.206. The Morgan fingerprint density at radius 2 is 1.22 bits per heavy atom. The second-order valence-corrected chi connectivity index (χ2v) is 14.8. The Morgan fingerprint density at radius 3 is 1.76 bits per heavy atom. The normalized spacial score (nSPS) is 12.0. The Morgan fingerprint density at radius 1 is 0.706 bits per heavy atom. The highest BCUT2D eigenvalue weighted by Crippen LogP contribution is 2.31. The van der Waals surface area contributed by atoms with Gasteiger partial charge in [0.2, 0.25) is 55.9 Å². The van der Waals surface area contributed by atoms with Gasteiger partial charge in [-0.25, -0.2) is 25.9 Å². The van der Waals surface area contributed by atoms with Crippen molar-refractivity contribution in [3.05, 3.63) is 119 Å². The minimum absolute atomic E-state index is 0.00344. The van der Waals surface area contributed by atoms with Gasteiger partial charge in [-0.1, -0.05) is 54.6 Å². The first-order valence-electron chi connectivity index (χ1n) is 15.2. The van der Waals surface area contributed by atoms with Crippen molar-refractivity contribution < 1.29 is 62.2 Å². The molecule has 17 heteroatoms. The van der Waals surface area contributed by atoms with Crippen LogP contribution in [0.2, 0.25) is 0 Å². The number of aromatic nitrogens is 1. The summed E-state index contributed by atoms with van der Waals surface area (Å²) in [5, 5.41) is 0.581. The first-order chi connectivity index (χ1) is 24.1. The number of sulfonamides is 1. The average Bonchev–Trinajstić information content (AvgIpc) is 3.09. The number of carbonyl (C=O) groups is 2. The van der Waals surface area contributed by atoms with Gasteiger partial charge in [-0.05, 0) is 24.1 Å². The number of fused-ring (bicyclic) bond motifs is 2. The summed E-state index contributed by atoms with van der Waals surface area (Å²) in [6, 6.07) is 20.8. The first-order valence-corrected chi connectivity index (χ1v) is 18.4. The standard InChI is InChI=1S/C34H27F5N2O8S2/c35-28-29(36)31(38)33(32(39)30(28)37)49-26(42)16-8-18-41(50(44,45)20-21-10-2-1-3-11-21)34(43)27-22-12-4-6-14-24(22)40(17-9-19-51(46,47)48)25-15-7-5-13-23(25)27/h1-7,10-15H,8-9,16-20H2/p+1. The Labute approximate surface area is 288 Å². The molecule has 1 amide bonds. The van der Waals surface area contributed by atoms with Crippen LogP contribution < -0.4 is 9.30 Å². The van der Waals surface area contributed by atoms with Crippen molar-refractivity contribution >= 4 is 53.8 Å². The SMILES string of the molecule is O=C(CCCN(C(=O)c1c2ccccc2[n+](CCCS(=O)(=O)O)c2ccccc12)S(=O)(=O)Cc1ccccc1)Oc1c(F)c(F)c(F)c(F)c1F. The predicted octanol–water partition coefficient (Wildman–Crippen LogP) is 5.61. The van der Waals surface area contributed by atoms with Crippen LogP contribution in [0.5, 0.6) is 5.75 Å². The molecule has 1 N–H and O–H groups in total. The number of halogens is 5. The number of benzene rings is 4. The number of hydrogen-bond acceptors (Lipinski definition) is 7. The van der Waals surface area contributed by atoms with E-state index in [9.17, 15) is 52.9 Å². The van der Waals surface area contributed by atoms with E-state index in [0.29, 0.717) is 31.7 Å². The van der Waals surface area contributed by atoms with E-state index in [1.54, 1.807) is 71.3 Å². The molecule has 0 aliphatic carbocycles. The minimum Gasteiger partial charge on any atom is -0.420 e. The van der Waals surface area contributed by atoms with Crippen LogP contribution in [0.15, 0.2) is 78.9 Å². The predicted molar refractivity (Wildman–Crippen MR) is 174 cm³/mol. The number of amides is 1. The van der Waals surface area contributed by atoms with Crippen molar-refractivity contribution in [1.29, 1.82) is 0 Å². The molecule has 1 aromatic heterocycles. The maximum atomic E-state index is 14.5. The summed E-state index contributed by atoms with van der Waals surface area (Å²) in [7, 11) is -8.80. The highest BCUT2D eigenvalue weighted by Gasteiger charge is 2.34. The fourth-order valence-corrected chi connectivity index (χ4v) is 7.57. The fourth-order valence-electron chi connectivity index (χ4n) is 5.55. The van der Waals surface area contributed by atoms with Gasteiger partial charge in [0.05, 0.1) is 27.8 Å². The van der Waals surface area contributed by atoms with Gasteiger partial charge in [-0.2, -0.15) is 21.8 Å². The number of nitrogens with zero attached hydrogens (tertiary/aromatic N) is 2. The summed E-state index contributed by atoms with van der Waals surface area (Å²) in [6.45, 7) is -0.567. The largest absolute Gasteiger partial charge is 0.420 e. The summed E-state index contributed by atoms with van der Waals surface area (Å²) < 4.78 is 136. The summed E-state index contributed by atoms with van der Waals surface area (Å²) in [5.41, 5.74) is 1.14. The Hall–Kier alpha value is -5.00. The molecule has 0 unspecified atom stereocenters. The van der Waals surface area contributed by atoms with Crippen LogP contribution in [-0.4, -0.2) is 49.9 Å². The van der Waals surface area contributed by atoms with Crippen molar-refractivity contribution in [2.45, 2.75) is 31.6 Å². The van der Waals surface area contributed by atoms with Crippen molar-refractivity contribution in [3.63, 3.8) is 0 Å². The van der Waals surface area contributed by atoms with Crippen LogP contribution in [0.4, 0.5) is 22.0 Å². The Bertz CT molecular complexity index is 2290. The molecule has 5 rings (SSSR count). The van der Waals surface area contributed by atoms with E-state index in [1.807, 2.05) is 0 Å². The van der Waals surface area contributed by atoms with E-state index >= 15 is 0 Å². The molecule has 0 atom stereocenters. The van der Waals surface area contributed by atoms with Crippen LogP contribution in [0.25, 0.3) is 21.8 Å². The van der Waals surface area contributed by atoms with Gasteiger partial charge in [-0.3, -0.25) is 14.1 Å². The van der Waals surface area contributed by atoms with Gasteiger partial charge >= 0.3 is 5.97 Å². The molecule has 0 aliphatic heterocycles. The van der Waals surface area contributed by atoms with Crippen LogP contribution in [0.3, 0.4) is 0 Å². The summed E-state index contributed by atoms with van der Waals surface area (Å²) in [4.78, 5) is 27.0. The van der Waals surface area contributed by atoms with Crippen molar-refractivity contribution in [2.75, 3.05) is 12.3 Å². The molecule has 51 heavy (non-hydrogen) atoms. The smallest absolute Gasteiger partial charge is 0.311 e. The number of ether oxygens (including phenoxy) is 1. The Balaban J connectivity index is 1.53. The zero-order valence-corrected chi connectivity index (χ0v) is 28.0. The van der Waals surface area contributed by atoms with Crippen LogP contribution in [0, 0.1) is 29.1 Å². The summed E-state index contributed by atoms with van der Waals surface area (Å²) in [5.74, 6) is -17.3. The molecule has 0 saturated heterocycles. The highest BCUT2D eigenvalue weighted by atomic mass is 32.2. The van der Waals surface area contributed by atoms with E-state index < -0.39 is 97.7 Å². The third-order valence-electron chi connectivity index (χ3n) is 7.81. The van der Waals surface area contributed by atoms with Gasteiger partial charge in [0.1, 0.15) is 0 Å². The van der Waals surface area contributed by atoms with Crippen LogP contribution >= 0.6 is 0 Å².